The van der Waals surface area contributed by atoms with Crippen molar-refractivity contribution >= 4 is 17.2 Å². The molecule has 0 spiro atoms. The second kappa shape index (κ2) is 6.75. The van der Waals surface area contributed by atoms with Gasteiger partial charge in [-0.25, -0.2) is 4.39 Å². The highest BCUT2D eigenvalue weighted by Crippen LogP contribution is 2.21. The van der Waals surface area contributed by atoms with Gasteiger partial charge < -0.3 is 5.32 Å². The van der Waals surface area contributed by atoms with Gasteiger partial charge in [0.15, 0.2) is 0 Å². The summed E-state index contributed by atoms with van der Waals surface area (Å²) >= 11 is 0. The maximum Gasteiger partial charge on any atom is 0.238 e. The number of hydrogen-bond acceptors (Lipinski definition) is 3. The number of aromatic nitrogens is 2. The first-order chi connectivity index (χ1) is 11.1. The molecule has 1 aromatic carbocycles. The van der Waals surface area contributed by atoms with Crippen LogP contribution >= 0.6 is 0 Å². The average Bonchev–Trinajstić information content (AvgIpc) is 2.97. The lowest BCUT2D eigenvalue weighted by atomic mass is 10.0. The molecule has 0 atom stereocenters. The summed E-state index contributed by atoms with van der Waals surface area (Å²) in [6, 6.07) is 5.78. The first kappa shape index (κ1) is 15.4. The molecule has 2 aromatic rings. The minimum absolute atomic E-state index is 0.0881. The molecular formula is C17H19FN4O. The third-order valence-corrected chi connectivity index (χ3v) is 3.86. The highest BCUT2D eigenvalue weighted by atomic mass is 19.1. The van der Waals surface area contributed by atoms with Crippen molar-refractivity contribution in [1.82, 2.24) is 14.7 Å². The zero-order valence-electron chi connectivity index (χ0n) is 13.0. The number of aryl methyl sites for hydroxylation is 1. The van der Waals surface area contributed by atoms with Gasteiger partial charge in [0.1, 0.15) is 5.82 Å². The molecule has 23 heavy (non-hydrogen) atoms. The zero-order valence-corrected chi connectivity index (χ0v) is 13.0. The molecule has 5 nitrogen and oxygen atoms in total. The minimum Gasteiger partial charge on any atom is -0.325 e. The van der Waals surface area contributed by atoms with E-state index >= 15 is 0 Å². The Morgan fingerprint density at radius 3 is 2.74 bits per heavy atom. The van der Waals surface area contributed by atoms with Gasteiger partial charge in [-0.1, -0.05) is 6.08 Å². The van der Waals surface area contributed by atoms with Crippen LogP contribution in [0.3, 0.4) is 0 Å². The average molecular weight is 314 g/mol. The van der Waals surface area contributed by atoms with E-state index in [2.05, 4.69) is 21.4 Å². The van der Waals surface area contributed by atoms with E-state index in [1.54, 1.807) is 16.8 Å². The van der Waals surface area contributed by atoms with Crippen LogP contribution in [0.5, 0.6) is 0 Å². The van der Waals surface area contributed by atoms with Crippen LogP contribution in [0.1, 0.15) is 12.0 Å². The molecule has 0 radical (unpaired) electrons. The monoisotopic (exact) mass is 314 g/mol. The van der Waals surface area contributed by atoms with E-state index in [1.165, 1.54) is 17.7 Å². The van der Waals surface area contributed by atoms with Crippen molar-refractivity contribution in [3.63, 3.8) is 0 Å². The van der Waals surface area contributed by atoms with Crippen LogP contribution in [0.25, 0.3) is 5.57 Å². The van der Waals surface area contributed by atoms with Crippen LogP contribution in [-0.2, 0) is 11.8 Å². The number of amides is 1. The number of nitrogens with one attached hydrogen (secondary N) is 1. The van der Waals surface area contributed by atoms with Crippen molar-refractivity contribution in [1.29, 1.82) is 0 Å². The quantitative estimate of drug-likeness (QED) is 0.942. The number of carbonyl (C=O) groups is 1. The van der Waals surface area contributed by atoms with Gasteiger partial charge in [0.25, 0.3) is 0 Å². The van der Waals surface area contributed by atoms with Crippen LogP contribution in [0.2, 0.25) is 0 Å². The molecule has 1 aromatic heterocycles. The van der Waals surface area contributed by atoms with Crippen LogP contribution in [0, 0.1) is 5.82 Å². The second-order valence-electron chi connectivity index (χ2n) is 5.67. The molecule has 6 heteroatoms. The number of anilines is 1. The number of carbonyl (C=O) groups excluding carboxylic acids is 1. The predicted molar refractivity (Wildman–Crippen MR) is 87.3 cm³/mol. The molecule has 0 aliphatic carbocycles. The first-order valence-corrected chi connectivity index (χ1v) is 7.56. The van der Waals surface area contributed by atoms with E-state index in [0.717, 1.165) is 25.1 Å². The molecule has 0 fully saturated rings. The minimum atomic E-state index is -0.313. The normalized spacial score (nSPS) is 15.3. The number of hydrogen-bond donors (Lipinski definition) is 1. The topological polar surface area (TPSA) is 50.2 Å². The predicted octanol–water partition coefficient (Wildman–Crippen LogP) is 2.29. The maximum absolute atomic E-state index is 12.8. The summed E-state index contributed by atoms with van der Waals surface area (Å²) in [4.78, 5) is 14.1. The highest BCUT2D eigenvalue weighted by Gasteiger charge is 2.16. The number of halogens is 1. The zero-order chi connectivity index (χ0) is 16.2. The van der Waals surface area contributed by atoms with Gasteiger partial charge in [-0.2, -0.15) is 5.10 Å². The van der Waals surface area contributed by atoms with Gasteiger partial charge >= 0.3 is 0 Å². The molecular weight excluding hydrogens is 295 g/mol. The molecule has 1 amide bonds. The van der Waals surface area contributed by atoms with E-state index < -0.39 is 0 Å². The van der Waals surface area contributed by atoms with Gasteiger partial charge in [-0.05, 0) is 36.3 Å². The summed E-state index contributed by atoms with van der Waals surface area (Å²) in [6.45, 7) is 1.90. The summed E-state index contributed by atoms with van der Waals surface area (Å²) < 4.78 is 14.6. The van der Waals surface area contributed by atoms with E-state index in [9.17, 15) is 9.18 Å². The smallest absolute Gasteiger partial charge is 0.238 e. The number of rotatable bonds is 4. The molecule has 1 N–H and O–H groups in total. The standard InChI is InChI=1S/C17H19FN4O/c1-21-11-14(10-19-21)13-6-8-22(9-7-13)12-17(23)20-16-4-2-15(18)3-5-16/h2-6,10-11H,7-9,12H2,1H3,(H,20,23). The van der Waals surface area contributed by atoms with Gasteiger partial charge in [0.05, 0.1) is 12.7 Å². The summed E-state index contributed by atoms with van der Waals surface area (Å²) in [5, 5.41) is 6.97. The Balaban J connectivity index is 1.52. The first-order valence-electron chi connectivity index (χ1n) is 7.56. The maximum atomic E-state index is 12.8. The SMILES string of the molecule is Cn1cc(C2=CCN(CC(=O)Nc3ccc(F)cc3)CC2)cn1. The van der Waals surface area contributed by atoms with Crippen molar-refractivity contribution in [2.45, 2.75) is 6.42 Å². The van der Waals surface area contributed by atoms with Crippen LogP contribution in [0.15, 0.2) is 42.7 Å². The van der Waals surface area contributed by atoms with Crippen molar-refractivity contribution in [3.8, 4) is 0 Å². The van der Waals surface area contributed by atoms with Crippen LogP contribution in [-0.4, -0.2) is 40.2 Å². The van der Waals surface area contributed by atoms with Gasteiger partial charge in [0.2, 0.25) is 5.91 Å². The Kier molecular flexibility index (Phi) is 4.52. The number of nitrogens with zero attached hydrogens (tertiary/aromatic N) is 3. The third kappa shape index (κ3) is 4.04. The van der Waals surface area contributed by atoms with Gasteiger partial charge in [0, 0.05) is 37.6 Å². The van der Waals surface area contributed by atoms with Crippen LogP contribution in [0.4, 0.5) is 10.1 Å². The lowest BCUT2D eigenvalue weighted by molar-refractivity contribution is -0.117. The summed E-state index contributed by atoms with van der Waals surface area (Å²) in [7, 11) is 1.90. The fourth-order valence-electron chi connectivity index (χ4n) is 2.64. The Bertz CT molecular complexity index is 720. The molecule has 120 valence electrons. The lowest BCUT2D eigenvalue weighted by Crippen LogP contribution is -2.36. The second-order valence-corrected chi connectivity index (χ2v) is 5.67. The molecule has 1 aliphatic rings. The Labute approximate surface area is 134 Å². The van der Waals surface area contributed by atoms with E-state index in [1.807, 2.05) is 19.4 Å². The van der Waals surface area contributed by atoms with E-state index in [-0.39, 0.29) is 11.7 Å². The summed E-state index contributed by atoms with van der Waals surface area (Å²) in [5.41, 5.74) is 3.02. The van der Waals surface area contributed by atoms with Crippen molar-refractivity contribution < 1.29 is 9.18 Å². The molecule has 2 heterocycles. The number of benzene rings is 1. The lowest BCUT2D eigenvalue weighted by Gasteiger charge is -2.25. The van der Waals surface area contributed by atoms with Crippen molar-refractivity contribution in [2.75, 3.05) is 25.0 Å². The largest absolute Gasteiger partial charge is 0.325 e. The molecule has 0 saturated carbocycles. The van der Waals surface area contributed by atoms with Crippen molar-refractivity contribution in [3.05, 3.63) is 54.1 Å². The molecule has 0 unspecified atom stereocenters. The fraction of sp³-hybridized carbons (Fsp3) is 0.294. The molecule has 0 bridgehead atoms. The summed E-state index contributed by atoms with van der Waals surface area (Å²) in [6.07, 6.45) is 6.91. The molecule has 0 saturated heterocycles. The van der Waals surface area contributed by atoms with Crippen molar-refractivity contribution in [2.24, 2.45) is 7.05 Å². The molecule has 1 aliphatic heterocycles. The van der Waals surface area contributed by atoms with E-state index in [4.69, 9.17) is 0 Å². The highest BCUT2D eigenvalue weighted by molar-refractivity contribution is 5.92. The van der Waals surface area contributed by atoms with Crippen LogP contribution < -0.4 is 5.32 Å². The fourth-order valence-corrected chi connectivity index (χ4v) is 2.64. The molecule has 3 rings (SSSR count). The Morgan fingerprint density at radius 1 is 1.35 bits per heavy atom. The summed E-state index contributed by atoms with van der Waals surface area (Å²) in [5.74, 6) is -0.401. The third-order valence-electron chi connectivity index (χ3n) is 3.86. The Hall–Kier alpha value is -2.47. The van der Waals surface area contributed by atoms with E-state index in [0.29, 0.717) is 12.2 Å². The van der Waals surface area contributed by atoms with Gasteiger partial charge in [-0.15, -0.1) is 0 Å². The van der Waals surface area contributed by atoms with Gasteiger partial charge in [-0.3, -0.25) is 14.4 Å². The Morgan fingerprint density at radius 2 is 2.13 bits per heavy atom.